The quantitative estimate of drug-likeness (QED) is 0.624. The number of methoxy groups -OCH3 is 1. The van der Waals surface area contributed by atoms with Crippen LogP contribution >= 0.6 is 0 Å². The van der Waals surface area contributed by atoms with Crippen LogP contribution in [0.2, 0.25) is 0 Å². The summed E-state index contributed by atoms with van der Waals surface area (Å²) in [6.45, 7) is 4.33. The highest BCUT2D eigenvalue weighted by Gasteiger charge is 2.33. The first-order valence-electron chi connectivity index (χ1n) is 9.88. The van der Waals surface area contributed by atoms with E-state index in [-0.39, 0.29) is 18.1 Å². The number of amides is 3. The Morgan fingerprint density at radius 3 is 2.62 bits per heavy atom. The van der Waals surface area contributed by atoms with Gasteiger partial charge in [-0.1, -0.05) is 29.8 Å². The van der Waals surface area contributed by atoms with E-state index in [1.54, 1.807) is 13.2 Å². The fraction of sp³-hybridized carbons (Fsp3) is 0.304. The van der Waals surface area contributed by atoms with E-state index in [1.165, 1.54) is 17.7 Å². The molecule has 2 saturated heterocycles. The highest BCUT2D eigenvalue weighted by atomic mass is 16.5. The van der Waals surface area contributed by atoms with Crippen molar-refractivity contribution in [3.05, 3.63) is 64.9 Å². The minimum absolute atomic E-state index is 0.245. The first-order valence-corrected chi connectivity index (χ1v) is 9.88. The largest absolute Gasteiger partial charge is 0.496 e. The molecule has 29 heavy (non-hydrogen) atoms. The van der Waals surface area contributed by atoms with Crippen molar-refractivity contribution in [1.82, 2.24) is 10.2 Å². The van der Waals surface area contributed by atoms with Crippen LogP contribution in [0.1, 0.15) is 29.5 Å². The molecular formula is C23H25N3O3. The number of hydrogen-bond donors (Lipinski definition) is 1. The smallest absolute Gasteiger partial charge is 0.329 e. The summed E-state index contributed by atoms with van der Waals surface area (Å²) in [5, 5.41) is 2.69. The predicted molar refractivity (Wildman–Crippen MR) is 113 cm³/mol. The van der Waals surface area contributed by atoms with Gasteiger partial charge in [0.2, 0.25) is 0 Å². The predicted octanol–water partition coefficient (Wildman–Crippen LogP) is 3.70. The van der Waals surface area contributed by atoms with Gasteiger partial charge in [0.15, 0.2) is 0 Å². The molecule has 2 aliphatic rings. The Labute approximate surface area is 170 Å². The molecule has 0 radical (unpaired) electrons. The van der Waals surface area contributed by atoms with Crippen molar-refractivity contribution in [2.45, 2.75) is 26.3 Å². The zero-order chi connectivity index (χ0) is 20.4. The van der Waals surface area contributed by atoms with Gasteiger partial charge in [0, 0.05) is 30.4 Å². The second kappa shape index (κ2) is 7.99. The molecule has 2 heterocycles. The minimum atomic E-state index is -0.407. The maximum absolute atomic E-state index is 12.8. The van der Waals surface area contributed by atoms with Crippen molar-refractivity contribution in [2.24, 2.45) is 0 Å². The Balaban J connectivity index is 1.56. The lowest BCUT2D eigenvalue weighted by Gasteiger charge is -2.19. The van der Waals surface area contributed by atoms with Crippen LogP contribution in [0.3, 0.4) is 0 Å². The van der Waals surface area contributed by atoms with Crippen molar-refractivity contribution in [1.29, 1.82) is 0 Å². The van der Waals surface area contributed by atoms with Crippen molar-refractivity contribution in [3.8, 4) is 5.75 Å². The normalized spacial score (nSPS) is 17.9. The summed E-state index contributed by atoms with van der Waals surface area (Å²) in [5.74, 6) is 0.350. The number of urea groups is 1. The number of nitrogens with zero attached hydrogens (tertiary/aromatic N) is 2. The molecule has 0 aliphatic carbocycles. The van der Waals surface area contributed by atoms with Crippen LogP contribution in [0, 0.1) is 6.92 Å². The molecular weight excluding hydrogens is 366 g/mol. The molecule has 2 aromatic carbocycles. The van der Waals surface area contributed by atoms with Crippen molar-refractivity contribution in [2.75, 3.05) is 25.1 Å². The monoisotopic (exact) mass is 391 g/mol. The molecule has 3 amide bonds. The Bertz CT molecular complexity index is 977. The number of anilines is 1. The van der Waals surface area contributed by atoms with Gasteiger partial charge >= 0.3 is 6.03 Å². The SMILES string of the molecule is COc1cc(N2CCCC2)ccc1C=C1NC(=O)N(Cc2cccc(C)c2)C1=O. The van der Waals surface area contributed by atoms with E-state index in [0.29, 0.717) is 5.75 Å². The number of nitrogens with one attached hydrogen (secondary N) is 1. The van der Waals surface area contributed by atoms with Gasteiger partial charge < -0.3 is 15.0 Å². The Morgan fingerprint density at radius 2 is 1.90 bits per heavy atom. The number of ether oxygens (including phenoxy) is 1. The highest BCUT2D eigenvalue weighted by Crippen LogP contribution is 2.30. The first kappa shape index (κ1) is 19.1. The van der Waals surface area contributed by atoms with Crippen LogP contribution in [-0.4, -0.2) is 37.0 Å². The maximum atomic E-state index is 12.8. The Morgan fingerprint density at radius 1 is 1.10 bits per heavy atom. The van der Waals surface area contributed by atoms with Crippen LogP contribution in [-0.2, 0) is 11.3 Å². The number of carbonyl (C=O) groups is 2. The number of carbonyl (C=O) groups excluding carboxylic acids is 2. The van der Waals surface area contributed by atoms with Crippen molar-refractivity contribution in [3.63, 3.8) is 0 Å². The summed E-state index contributed by atoms with van der Waals surface area (Å²) in [6, 6.07) is 13.3. The number of aryl methyl sites for hydroxylation is 1. The summed E-state index contributed by atoms with van der Waals surface area (Å²) < 4.78 is 5.54. The average molecular weight is 391 g/mol. The van der Waals surface area contributed by atoms with Crippen LogP contribution in [0.5, 0.6) is 5.75 Å². The van der Waals surface area contributed by atoms with Crippen LogP contribution in [0.4, 0.5) is 10.5 Å². The third-order valence-corrected chi connectivity index (χ3v) is 5.37. The van der Waals surface area contributed by atoms with Gasteiger partial charge in [0.05, 0.1) is 13.7 Å². The van der Waals surface area contributed by atoms with Crippen molar-refractivity contribution >= 4 is 23.7 Å². The molecule has 0 atom stereocenters. The lowest BCUT2D eigenvalue weighted by Crippen LogP contribution is -2.30. The van der Waals surface area contributed by atoms with Gasteiger partial charge in [-0.05, 0) is 43.5 Å². The van der Waals surface area contributed by atoms with Gasteiger partial charge in [-0.15, -0.1) is 0 Å². The molecule has 2 fully saturated rings. The average Bonchev–Trinajstić information content (AvgIpc) is 3.33. The maximum Gasteiger partial charge on any atom is 0.329 e. The van der Waals surface area contributed by atoms with Crippen molar-refractivity contribution < 1.29 is 14.3 Å². The third kappa shape index (κ3) is 3.97. The summed E-state index contributed by atoms with van der Waals surface area (Å²) in [7, 11) is 1.62. The lowest BCUT2D eigenvalue weighted by molar-refractivity contribution is -0.123. The molecule has 2 aromatic rings. The van der Waals surface area contributed by atoms with E-state index in [0.717, 1.165) is 35.5 Å². The van der Waals surface area contributed by atoms with Crippen LogP contribution in [0.15, 0.2) is 48.2 Å². The highest BCUT2D eigenvalue weighted by molar-refractivity contribution is 6.14. The number of hydrogen-bond acceptors (Lipinski definition) is 4. The summed E-state index contributed by atoms with van der Waals surface area (Å²) in [5.41, 5.74) is 4.14. The van der Waals surface area contributed by atoms with E-state index in [9.17, 15) is 9.59 Å². The zero-order valence-corrected chi connectivity index (χ0v) is 16.8. The Hall–Kier alpha value is -3.28. The zero-order valence-electron chi connectivity index (χ0n) is 16.8. The van der Waals surface area contributed by atoms with Gasteiger partial charge in [0.1, 0.15) is 11.4 Å². The number of benzene rings is 2. The second-order valence-electron chi connectivity index (χ2n) is 7.49. The second-order valence-corrected chi connectivity index (χ2v) is 7.49. The molecule has 0 saturated carbocycles. The minimum Gasteiger partial charge on any atom is -0.496 e. The molecule has 0 bridgehead atoms. The molecule has 0 aromatic heterocycles. The fourth-order valence-electron chi connectivity index (χ4n) is 3.85. The van der Waals surface area contributed by atoms with E-state index in [4.69, 9.17) is 4.74 Å². The molecule has 0 spiro atoms. The molecule has 6 heteroatoms. The van der Waals surface area contributed by atoms with Gasteiger partial charge in [-0.3, -0.25) is 9.69 Å². The topological polar surface area (TPSA) is 61.9 Å². The molecule has 4 rings (SSSR count). The van der Waals surface area contributed by atoms with E-state index < -0.39 is 6.03 Å². The molecule has 150 valence electrons. The van der Waals surface area contributed by atoms with Gasteiger partial charge in [-0.25, -0.2) is 4.79 Å². The Kier molecular flexibility index (Phi) is 5.25. The number of rotatable bonds is 5. The van der Waals surface area contributed by atoms with Gasteiger partial charge in [0.25, 0.3) is 5.91 Å². The standard InChI is InChI=1S/C23H25N3O3/c1-16-6-5-7-17(12-16)15-26-22(27)20(24-23(26)28)13-18-8-9-19(14-21(18)29-2)25-10-3-4-11-25/h5-9,12-14H,3-4,10-11,15H2,1-2H3,(H,24,28). The van der Waals surface area contributed by atoms with Crippen LogP contribution in [0.25, 0.3) is 6.08 Å². The van der Waals surface area contributed by atoms with Crippen LogP contribution < -0.4 is 15.0 Å². The lowest BCUT2D eigenvalue weighted by atomic mass is 10.1. The van der Waals surface area contributed by atoms with E-state index in [2.05, 4.69) is 10.2 Å². The fourth-order valence-corrected chi connectivity index (χ4v) is 3.85. The molecule has 0 unspecified atom stereocenters. The first-order chi connectivity index (χ1) is 14.0. The molecule has 6 nitrogen and oxygen atoms in total. The summed E-state index contributed by atoms with van der Waals surface area (Å²) in [4.78, 5) is 28.7. The van der Waals surface area contributed by atoms with Gasteiger partial charge in [-0.2, -0.15) is 0 Å². The summed E-state index contributed by atoms with van der Waals surface area (Å²) >= 11 is 0. The molecule has 1 N–H and O–H groups in total. The molecule has 2 aliphatic heterocycles. The summed E-state index contributed by atoms with van der Waals surface area (Å²) in [6.07, 6.45) is 4.08. The third-order valence-electron chi connectivity index (χ3n) is 5.37. The van der Waals surface area contributed by atoms with E-state index >= 15 is 0 Å². The van der Waals surface area contributed by atoms with E-state index in [1.807, 2.05) is 49.4 Å². The number of imide groups is 1.